The fraction of sp³-hybridized carbons (Fsp3) is 0.500. The number of pyridine rings is 1. The van der Waals surface area contributed by atoms with Gasteiger partial charge < -0.3 is 9.64 Å². The zero-order valence-electron chi connectivity index (χ0n) is 15.2. The van der Waals surface area contributed by atoms with Gasteiger partial charge in [0.15, 0.2) is 0 Å². The highest BCUT2D eigenvalue weighted by Crippen LogP contribution is 2.21. The summed E-state index contributed by atoms with van der Waals surface area (Å²) in [4.78, 5) is 10.7. The van der Waals surface area contributed by atoms with Gasteiger partial charge in [-0.1, -0.05) is 6.07 Å². The van der Waals surface area contributed by atoms with Crippen molar-refractivity contribution < 1.29 is 13.2 Å². The normalized spacial score (nSPS) is 20.1. The lowest BCUT2D eigenvalue weighted by Gasteiger charge is -2.35. The molecule has 2 fully saturated rings. The Labute approximate surface area is 164 Å². The maximum absolute atomic E-state index is 12.7. The molecule has 4 heterocycles. The summed E-state index contributed by atoms with van der Waals surface area (Å²) >= 11 is 1.79. The van der Waals surface area contributed by atoms with E-state index in [-0.39, 0.29) is 4.90 Å². The summed E-state index contributed by atoms with van der Waals surface area (Å²) < 4.78 is 32.1. The molecule has 0 aromatic carbocycles. The monoisotopic (exact) mass is 408 g/mol. The van der Waals surface area contributed by atoms with Crippen molar-refractivity contribution in [1.82, 2.24) is 14.2 Å². The van der Waals surface area contributed by atoms with E-state index in [0.29, 0.717) is 26.3 Å². The van der Waals surface area contributed by atoms with E-state index in [1.807, 2.05) is 6.07 Å². The van der Waals surface area contributed by atoms with Crippen LogP contribution in [0.15, 0.2) is 40.7 Å². The van der Waals surface area contributed by atoms with Crippen molar-refractivity contribution in [2.75, 3.05) is 57.4 Å². The lowest BCUT2D eigenvalue weighted by molar-refractivity contribution is 0.0730. The summed E-state index contributed by atoms with van der Waals surface area (Å²) in [5.74, 6) is 0.840. The molecule has 2 aromatic rings. The van der Waals surface area contributed by atoms with E-state index in [0.717, 1.165) is 38.5 Å². The maximum Gasteiger partial charge on any atom is 0.244 e. The van der Waals surface area contributed by atoms with Crippen molar-refractivity contribution in [3.8, 4) is 0 Å². The fourth-order valence-corrected chi connectivity index (χ4v) is 5.51. The van der Waals surface area contributed by atoms with E-state index < -0.39 is 10.0 Å². The molecule has 9 heteroatoms. The van der Waals surface area contributed by atoms with Crippen LogP contribution in [-0.4, -0.2) is 75.1 Å². The van der Waals surface area contributed by atoms with Gasteiger partial charge in [0.25, 0.3) is 0 Å². The highest BCUT2D eigenvalue weighted by atomic mass is 32.2. The van der Waals surface area contributed by atoms with E-state index in [1.165, 1.54) is 15.4 Å². The molecule has 0 saturated carbocycles. The predicted molar refractivity (Wildman–Crippen MR) is 106 cm³/mol. The molecule has 4 rings (SSSR count). The van der Waals surface area contributed by atoms with Crippen LogP contribution in [0.2, 0.25) is 0 Å². The Morgan fingerprint density at radius 3 is 2.44 bits per heavy atom. The second-order valence-electron chi connectivity index (χ2n) is 6.71. The largest absolute Gasteiger partial charge is 0.379 e. The van der Waals surface area contributed by atoms with Crippen molar-refractivity contribution in [1.29, 1.82) is 0 Å². The van der Waals surface area contributed by atoms with Gasteiger partial charge in [-0.3, -0.25) is 4.90 Å². The number of sulfonamides is 1. The van der Waals surface area contributed by atoms with Gasteiger partial charge in [-0.15, -0.1) is 11.3 Å². The van der Waals surface area contributed by atoms with Gasteiger partial charge in [0.1, 0.15) is 10.7 Å². The number of nitrogens with zero attached hydrogens (tertiary/aromatic N) is 4. The third kappa shape index (κ3) is 4.33. The van der Waals surface area contributed by atoms with Crippen molar-refractivity contribution in [3.63, 3.8) is 0 Å². The topological polar surface area (TPSA) is 66.0 Å². The van der Waals surface area contributed by atoms with Gasteiger partial charge in [-0.05, 0) is 23.6 Å². The SMILES string of the molecule is O=S(=O)(c1ccc(N2CCN(Cc3cccs3)CC2)nc1)N1CCOCC1. The number of rotatable bonds is 5. The Bertz CT molecular complexity index is 826. The first kappa shape index (κ1) is 18.8. The number of ether oxygens (including phenoxy) is 1. The van der Waals surface area contributed by atoms with Crippen LogP contribution in [0.5, 0.6) is 0 Å². The van der Waals surface area contributed by atoms with Gasteiger partial charge in [0, 0.05) is 56.9 Å². The second kappa shape index (κ2) is 8.24. The summed E-state index contributed by atoms with van der Waals surface area (Å²) in [6, 6.07) is 7.76. The Balaban J connectivity index is 1.36. The Morgan fingerprint density at radius 2 is 1.81 bits per heavy atom. The first-order chi connectivity index (χ1) is 13.1. The lowest BCUT2D eigenvalue weighted by Crippen LogP contribution is -2.46. The zero-order valence-corrected chi connectivity index (χ0v) is 16.8. The van der Waals surface area contributed by atoms with Crippen LogP contribution in [0.25, 0.3) is 0 Å². The third-order valence-electron chi connectivity index (χ3n) is 4.98. The molecule has 0 N–H and O–H groups in total. The second-order valence-corrected chi connectivity index (χ2v) is 9.68. The van der Waals surface area contributed by atoms with Gasteiger partial charge >= 0.3 is 0 Å². The molecule has 0 spiro atoms. The molecule has 0 radical (unpaired) electrons. The minimum Gasteiger partial charge on any atom is -0.379 e. The molecule has 0 amide bonds. The molecular formula is C18H24N4O3S2. The summed E-state index contributed by atoms with van der Waals surface area (Å²) in [5, 5.41) is 2.11. The fourth-order valence-electron chi connectivity index (χ4n) is 3.41. The molecular weight excluding hydrogens is 384 g/mol. The molecule has 27 heavy (non-hydrogen) atoms. The van der Waals surface area contributed by atoms with E-state index in [4.69, 9.17) is 4.74 Å². The lowest BCUT2D eigenvalue weighted by atomic mass is 10.3. The minimum absolute atomic E-state index is 0.254. The van der Waals surface area contributed by atoms with Gasteiger partial charge in [0.05, 0.1) is 13.2 Å². The molecule has 0 unspecified atom stereocenters. The highest BCUT2D eigenvalue weighted by Gasteiger charge is 2.27. The molecule has 0 bridgehead atoms. The van der Waals surface area contributed by atoms with Gasteiger partial charge in [-0.2, -0.15) is 4.31 Å². The predicted octanol–water partition coefficient (Wildman–Crippen LogP) is 1.49. The average molecular weight is 409 g/mol. The summed E-state index contributed by atoms with van der Waals surface area (Å²) in [7, 11) is -3.48. The van der Waals surface area contributed by atoms with Crippen molar-refractivity contribution in [3.05, 3.63) is 40.7 Å². The van der Waals surface area contributed by atoms with Crippen molar-refractivity contribution in [2.24, 2.45) is 0 Å². The summed E-state index contributed by atoms with van der Waals surface area (Å²) in [5.41, 5.74) is 0. The molecule has 2 aromatic heterocycles. The molecule has 0 aliphatic carbocycles. The van der Waals surface area contributed by atoms with Crippen LogP contribution >= 0.6 is 11.3 Å². The number of morpholine rings is 1. The van der Waals surface area contributed by atoms with E-state index >= 15 is 0 Å². The highest BCUT2D eigenvalue weighted by molar-refractivity contribution is 7.89. The molecule has 0 atom stereocenters. The van der Waals surface area contributed by atoms with Gasteiger partial charge in [0.2, 0.25) is 10.0 Å². The van der Waals surface area contributed by atoms with Crippen LogP contribution in [0.4, 0.5) is 5.82 Å². The number of anilines is 1. The van der Waals surface area contributed by atoms with Crippen LogP contribution in [0, 0.1) is 0 Å². The van der Waals surface area contributed by atoms with Crippen LogP contribution in [0.1, 0.15) is 4.88 Å². The van der Waals surface area contributed by atoms with Crippen LogP contribution < -0.4 is 4.90 Å². The Morgan fingerprint density at radius 1 is 1.04 bits per heavy atom. The van der Waals surface area contributed by atoms with E-state index in [2.05, 4.69) is 32.3 Å². The smallest absolute Gasteiger partial charge is 0.244 e. The van der Waals surface area contributed by atoms with Crippen molar-refractivity contribution >= 4 is 27.2 Å². The first-order valence-electron chi connectivity index (χ1n) is 9.16. The number of piperazine rings is 1. The molecule has 2 aliphatic rings. The number of hydrogen-bond donors (Lipinski definition) is 0. The Hall–Kier alpha value is -1.52. The number of aromatic nitrogens is 1. The van der Waals surface area contributed by atoms with Gasteiger partial charge in [-0.25, -0.2) is 13.4 Å². The number of thiophene rings is 1. The molecule has 146 valence electrons. The van der Waals surface area contributed by atoms with Crippen molar-refractivity contribution in [2.45, 2.75) is 11.4 Å². The Kier molecular flexibility index (Phi) is 5.74. The van der Waals surface area contributed by atoms with E-state index in [1.54, 1.807) is 17.4 Å². The third-order valence-corrected chi connectivity index (χ3v) is 7.73. The zero-order chi connectivity index (χ0) is 18.7. The first-order valence-corrected chi connectivity index (χ1v) is 11.5. The number of hydrogen-bond acceptors (Lipinski definition) is 7. The average Bonchev–Trinajstić information content (AvgIpc) is 3.22. The summed E-state index contributed by atoms with van der Waals surface area (Å²) in [6.07, 6.45) is 1.48. The standard InChI is InChI=1S/C18H24N4O3S2/c23-27(24,22-9-11-25-12-10-22)17-3-4-18(19-14-17)21-7-5-20(6-8-21)15-16-2-1-13-26-16/h1-4,13-14H,5-12,15H2. The van der Waals surface area contributed by atoms with Crippen LogP contribution in [-0.2, 0) is 21.3 Å². The quantitative estimate of drug-likeness (QED) is 0.747. The molecule has 2 aliphatic heterocycles. The van der Waals surface area contributed by atoms with Crippen LogP contribution in [0.3, 0.4) is 0 Å². The minimum atomic E-state index is -3.48. The maximum atomic E-state index is 12.7. The van der Waals surface area contributed by atoms with E-state index in [9.17, 15) is 8.42 Å². The molecule has 7 nitrogen and oxygen atoms in total. The molecule has 2 saturated heterocycles. The summed E-state index contributed by atoms with van der Waals surface area (Å²) in [6.45, 7) is 6.44.